The molecule has 1 atom stereocenters. The van der Waals surface area contributed by atoms with Gasteiger partial charge in [0.05, 0.1) is 17.6 Å². The number of amides is 2. The Morgan fingerprint density at radius 1 is 1.20 bits per heavy atom. The summed E-state index contributed by atoms with van der Waals surface area (Å²) >= 11 is 0. The van der Waals surface area contributed by atoms with Crippen LogP contribution in [0.25, 0.3) is 11.4 Å². The van der Waals surface area contributed by atoms with Gasteiger partial charge in [0.2, 0.25) is 11.8 Å². The summed E-state index contributed by atoms with van der Waals surface area (Å²) in [7, 11) is 1.56. The Balaban J connectivity index is 1.42. The number of aromatic nitrogens is 4. The smallest absolute Gasteiger partial charge is 0.413 e. The van der Waals surface area contributed by atoms with Crippen molar-refractivity contribution >= 4 is 23.5 Å². The minimum absolute atomic E-state index is 0.208. The van der Waals surface area contributed by atoms with E-state index in [-0.39, 0.29) is 11.5 Å². The molecule has 1 saturated carbocycles. The quantitative estimate of drug-likeness (QED) is 0.524. The monoisotopic (exact) mass is 488 g/mol. The molecular weight excluding hydrogens is 465 g/mol. The second-order valence-corrected chi connectivity index (χ2v) is 8.47. The third-order valence-electron chi connectivity index (χ3n) is 5.74. The van der Waals surface area contributed by atoms with Crippen LogP contribution in [0, 0.1) is 18.7 Å². The van der Waals surface area contributed by atoms with Crippen LogP contribution < -0.4 is 10.6 Å². The van der Waals surface area contributed by atoms with Crippen LogP contribution in [0.5, 0.6) is 0 Å². The van der Waals surface area contributed by atoms with Crippen molar-refractivity contribution in [3.05, 3.63) is 53.5 Å². The number of rotatable bonds is 6. The fourth-order valence-corrected chi connectivity index (χ4v) is 3.77. The van der Waals surface area contributed by atoms with Crippen LogP contribution in [-0.4, -0.2) is 37.9 Å². The third kappa shape index (κ3) is 5.42. The summed E-state index contributed by atoms with van der Waals surface area (Å²) in [5.41, 5.74) is 2.24. The van der Waals surface area contributed by atoms with E-state index in [1.54, 1.807) is 39.1 Å². The molecule has 1 fully saturated rings. The highest BCUT2D eigenvalue weighted by Crippen LogP contribution is 2.42. The molecule has 1 aromatic carbocycles. The molecular formula is C23H23F3N6O3. The van der Waals surface area contributed by atoms with Crippen LogP contribution in [0.3, 0.4) is 0 Å². The van der Waals surface area contributed by atoms with Crippen molar-refractivity contribution in [2.75, 3.05) is 10.6 Å². The molecule has 0 unspecified atom stereocenters. The summed E-state index contributed by atoms with van der Waals surface area (Å²) in [6.07, 6.45) is -1.09. The van der Waals surface area contributed by atoms with E-state index < -0.39 is 48.6 Å². The molecule has 2 amide bonds. The number of hydrogen-bond donors (Lipinski definition) is 2. The molecule has 12 heteroatoms. The van der Waals surface area contributed by atoms with Gasteiger partial charge in [-0.3, -0.25) is 15.1 Å². The Labute approximate surface area is 198 Å². The number of nitrogens with zero attached hydrogens (tertiary/aromatic N) is 4. The molecule has 184 valence electrons. The molecule has 0 saturated heterocycles. The number of alkyl halides is 2. The van der Waals surface area contributed by atoms with Crippen LogP contribution in [0.15, 0.2) is 36.5 Å². The van der Waals surface area contributed by atoms with E-state index in [4.69, 9.17) is 4.74 Å². The molecule has 0 aliphatic heterocycles. The number of anilines is 2. The van der Waals surface area contributed by atoms with Crippen molar-refractivity contribution in [2.45, 2.75) is 38.7 Å². The molecule has 3 aromatic rings. The van der Waals surface area contributed by atoms with Crippen molar-refractivity contribution in [3.8, 4) is 11.4 Å². The number of aryl methyl sites for hydroxylation is 2. The normalized spacial score (nSPS) is 15.7. The number of ether oxygens (including phenoxy) is 1. The summed E-state index contributed by atoms with van der Waals surface area (Å²) in [4.78, 5) is 28.8. The van der Waals surface area contributed by atoms with Crippen molar-refractivity contribution in [1.29, 1.82) is 0 Å². The molecule has 0 bridgehead atoms. The maximum atomic E-state index is 13.6. The number of pyridine rings is 1. The van der Waals surface area contributed by atoms with Gasteiger partial charge in [0.15, 0.2) is 11.5 Å². The maximum absolute atomic E-state index is 13.6. The number of benzene rings is 1. The Morgan fingerprint density at radius 3 is 2.60 bits per heavy atom. The minimum atomic E-state index is -2.78. The van der Waals surface area contributed by atoms with Crippen LogP contribution in [0.4, 0.5) is 29.5 Å². The largest absolute Gasteiger partial charge is 0.441 e. The van der Waals surface area contributed by atoms with Gasteiger partial charge >= 0.3 is 6.09 Å². The standard InChI is InChI=1S/C23H23F3N6O3/c1-12-4-5-15(24)8-17(12)13(2)35-22(34)29-20-19(30-31-32(20)3)18-7-6-16(11-27-18)28-21(33)14-9-23(25,26)10-14/h4-8,11,13-14H,9-10H2,1-3H3,(H,28,33)(H,29,34)/t13-/m1/s1. The lowest BCUT2D eigenvalue weighted by molar-refractivity contribution is -0.145. The average molecular weight is 488 g/mol. The molecule has 2 aromatic heterocycles. The zero-order chi connectivity index (χ0) is 25.3. The van der Waals surface area contributed by atoms with Gasteiger partial charge in [-0.25, -0.2) is 22.6 Å². The fraction of sp³-hybridized carbons (Fsp3) is 0.348. The topological polar surface area (TPSA) is 111 Å². The minimum Gasteiger partial charge on any atom is -0.441 e. The van der Waals surface area contributed by atoms with E-state index in [1.807, 2.05) is 0 Å². The Kier molecular flexibility index (Phi) is 6.46. The van der Waals surface area contributed by atoms with Crippen molar-refractivity contribution < 1.29 is 27.5 Å². The number of carbonyl (C=O) groups is 2. The van der Waals surface area contributed by atoms with Gasteiger partial charge < -0.3 is 10.1 Å². The summed E-state index contributed by atoms with van der Waals surface area (Å²) in [6.45, 7) is 3.41. The zero-order valence-corrected chi connectivity index (χ0v) is 19.2. The molecule has 0 radical (unpaired) electrons. The van der Waals surface area contributed by atoms with Crippen LogP contribution in [0.2, 0.25) is 0 Å². The molecule has 4 rings (SSSR count). The van der Waals surface area contributed by atoms with Crippen LogP contribution in [0.1, 0.15) is 37.0 Å². The lowest BCUT2D eigenvalue weighted by Crippen LogP contribution is -2.42. The maximum Gasteiger partial charge on any atom is 0.413 e. The second-order valence-electron chi connectivity index (χ2n) is 8.47. The van der Waals surface area contributed by atoms with Gasteiger partial charge in [-0.2, -0.15) is 0 Å². The highest BCUT2D eigenvalue weighted by atomic mass is 19.3. The molecule has 35 heavy (non-hydrogen) atoms. The number of halogens is 3. The first-order valence-electron chi connectivity index (χ1n) is 10.8. The summed E-state index contributed by atoms with van der Waals surface area (Å²) < 4.78 is 46.3. The predicted octanol–water partition coefficient (Wildman–Crippen LogP) is 4.62. The second kappa shape index (κ2) is 9.35. The first-order chi connectivity index (χ1) is 16.5. The lowest BCUT2D eigenvalue weighted by Gasteiger charge is -2.33. The molecule has 1 aliphatic rings. The highest BCUT2D eigenvalue weighted by Gasteiger charge is 2.48. The number of nitrogens with one attached hydrogen (secondary N) is 2. The van der Waals surface area contributed by atoms with Gasteiger partial charge in [-0.05, 0) is 49.2 Å². The van der Waals surface area contributed by atoms with E-state index in [0.717, 1.165) is 5.56 Å². The SMILES string of the molecule is Cc1ccc(F)cc1[C@@H](C)OC(=O)Nc1c(-c2ccc(NC(=O)C3CC(F)(F)C3)cn2)nnn1C. The van der Waals surface area contributed by atoms with Gasteiger partial charge in [-0.15, -0.1) is 5.10 Å². The van der Waals surface area contributed by atoms with E-state index >= 15 is 0 Å². The lowest BCUT2D eigenvalue weighted by atomic mass is 9.81. The van der Waals surface area contributed by atoms with E-state index in [0.29, 0.717) is 16.9 Å². The van der Waals surface area contributed by atoms with Gasteiger partial charge in [-0.1, -0.05) is 11.3 Å². The van der Waals surface area contributed by atoms with Crippen molar-refractivity contribution in [2.24, 2.45) is 13.0 Å². The summed E-state index contributed by atoms with van der Waals surface area (Å²) in [5.74, 6) is -4.23. The number of hydrogen-bond acceptors (Lipinski definition) is 6. The number of carbonyl (C=O) groups excluding carboxylic acids is 2. The fourth-order valence-electron chi connectivity index (χ4n) is 3.77. The average Bonchev–Trinajstić information content (AvgIpc) is 3.14. The van der Waals surface area contributed by atoms with Crippen LogP contribution in [-0.2, 0) is 16.6 Å². The van der Waals surface area contributed by atoms with Gasteiger partial charge in [0.1, 0.15) is 11.9 Å². The summed E-state index contributed by atoms with van der Waals surface area (Å²) in [5, 5.41) is 13.1. The van der Waals surface area contributed by atoms with Gasteiger partial charge in [0, 0.05) is 25.8 Å². The first-order valence-corrected chi connectivity index (χ1v) is 10.8. The summed E-state index contributed by atoms with van der Waals surface area (Å²) in [6, 6.07) is 7.33. The van der Waals surface area contributed by atoms with Crippen molar-refractivity contribution in [3.63, 3.8) is 0 Å². The highest BCUT2D eigenvalue weighted by molar-refractivity contribution is 5.93. The Bertz CT molecular complexity index is 1250. The molecule has 2 heterocycles. The van der Waals surface area contributed by atoms with Crippen LogP contribution >= 0.6 is 0 Å². The van der Waals surface area contributed by atoms with Gasteiger partial charge in [0.25, 0.3) is 0 Å². The molecule has 0 spiro atoms. The first kappa shape index (κ1) is 24.2. The third-order valence-corrected chi connectivity index (χ3v) is 5.74. The van der Waals surface area contributed by atoms with Crippen molar-refractivity contribution in [1.82, 2.24) is 20.0 Å². The zero-order valence-electron chi connectivity index (χ0n) is 19.2. The molecule has 1 aliphatic carbocycles. The van der Waals surface area contributed by atoms with E-state index in [1.165, 1.54) is 23.0 Å². The molecule has 9 nitrogen and oxygen atoms in total. The van der Waals surface area contributed by atoms with E-state index in [2.05, 4.69) is 25.9 Å². The Morgan fingerprint density at radius 2 is 1.94 bits per heavy atom. The van der Waals surface area contributed by atoms with E-state index in [9.17, 15) is 22.8 Å². The Hall–Kier alpha value is -3.96. The predicted molar refractivity (Wildman–Crippen MR) is 120 cm³/mol. The molecule has 2 N–H and O–H groups in total.